The molecule has 0 aromatic heterocycles. The fourth-order valence-electron chi connectivity index (χ4n) is 3.44. The SMILES string of the molecule is [C-]#[N+]c1cc(OCC(C)C)c(O[C@H]2CN(S(=O)(=O)c3ccccc3[N+]#[C-])C[C@@]2(O)CO)cc1F. The highest BCUT2D eigenvalue weighted by Crippen LogP contribution is 2.39. The maximum atomic E-state index is 14.4. The summed E-state index contributed by atoms with van der Waals surface area (Å²) in [5, 5.41) is 20.8. The normalized spacial score (nSPS) is 20.6. The van der Waals surface area contributed by atoms with E-state index in [1.54, 1.807) is 0 Å². The first kappa shape index (κ1) is 25.4. The summed E-state index contributed by atoms with van der Waals surface area (Å²) < 4.78 is 53.2. The second kappa shape index (κ2) is 9.95. The van der Waals surface area contributed by atoms with Crippen LogP contribution < -0.4 is 9.47 Å². The van der Waals surface area contributed by atoms with Crippen molar-refractivity contribution < 1.29 is 32.5 Å². The van der Waals surface area contributed by atoms with E-state index in [1.165, 1.54) is 30.3 Å². The van der Waals surface area contributed by atoms with Gasteiger partial charge in [0.1, 0.15) is 17.5 Å². The van der Waals surface area contributed by atoms with Crippen molar-refractivity contribution in [1.29, 1.82) is 0 Å². The van der Waals surface area contributed by atoms with Crippen LogP contribution in [0.15, 0.2) is 41.3 Å². The number of para-hydroxylation sites is 1. The Labute approximate surface area is 197 Å². The first-order chi connectivity index (χ1) is 16.1. The van der Waals surface area contributed by atoms with Crippen molar-refractivity contribution in [2.45, 2.75) is 30.4 Å². The Hall–Kier alpha value is -3.22. The predicted octanol–water partition coefficient (Wildman–Crippen LogP) is 3.14. The van der Waals surface area contributed by atoms with Gasteiger partial charge >= 0.3 is 0 Å². The molecule has 2 aromatic rings. The molecule has 0 amide bonds. The lowest BCUT2D eigenvalue weighted by Gasteiger charge is -2.28. The summed E-state index contributed by atoms with van der Waals surface area (Å²) in [6, 6.07) is 7.77. The molecule has 1 aliphatic rings. The van der Waals surface area contributed by atoms with Crippen LogP contribution in [0, 0.1) is 24.9 Å². The average Bonchev–Trinajstić information content (AvgIpc) is 3.15. The van der Waals surface area contributed by atoms with Crippen molar-refractivity contribution in [1.82, 2.24) is 4.31 Å². The van der Waals surface area contributed by atoms with Crippen molar-refractivity contribution in [3.8, 4) is 11.5 Å². The van der Waals surface area contributed by atoms with E-state index in [4.69, 9.17) is 22.6 Å². The minimum atomic E-state index is -4.21. The van der Waals surface area contributed by atoms with Crippen LogP contribution in [0.5, 0.6) is 11.5 Å². The summed E-state index contributed by atoms with van der Waals surface area (Å²) in [5.41, 5.74) is -2.37. The van der Waals surface area contributed by atoms with Crippen LogP contribution >= 0.6 is 0 Å². The molecule has 9 nitrogen and oxygen atoms in total. The maximum absolute atomic E-state index is 14.4. The quantitative estimate of drug-likeness (QED) is 0.552. The zero-order valence-corrected chi connectivity index (χ0v) is 19.4. The number of aliphatic hydroxyl groups is 2. The number of sulfonamides is 1. The van der Waals surface area contributed by atoms with Crippen molar-refractivity contribution >= 4 is 21.4 Å². The van der Waals surface area contributed by atoms with Crippen LogP contribution in [0.25, 0.3) is 9.69 Å². The number of rotatable bonds is 8. The second-order valence-corrected chi connectivity index (χ2v) is 10.2. The van der Waals surface area contributed by atoms with E-state index in [2.05, 4.69) is 9.69 Å². The van der Waals surface area contributed by atoms with E-state index in [1.807, 2.05) is 13.8 Å². The van der Waals surface area contributed by atoms with Crippen molar-refractivity contribution in [3.05, 3.63) is 65.0 Å². The molecule has 1 fully saturated rings. The molecule has 2 atom stereocenters. The fraction of sp³-hybridized carbons (Fsp3) is 0.391. The summed E-state index contributed by atoms with van der Waals surface area (Å²) >= 11 is 0. The van der Waals surface area contributed by atoms with Crippen LogP contribution in [0.3, 0.4) is 0 Å². The minimum Gasteiger partial charge on any atom is -0.491 e. The van der Waals surface area contributed by atoms with Gasteiger partial charge in [0.15, 0.2) is 11.5 Å². The van der Waals surface area contributed by atoms with Gasteiger partial charge in [0.25, 0.3) is 0 Å². The Balaban J connectivity index is 1.96. The maximum Gasteiger partial charge on any atom is 0.233 e. The number of nitrogens with zero attached hydrogens (tertiary/aromatic N) is 3. The number of β-amino-alcohol motifs (C(OH)–C–C–N with tert-alkyl or cyclic N) is 1. The van der Waals surface area contributed by atoms with Gasteiger partial charge in [-0.1, -0.05) is 38.1 Å². The van der Waals surface area contributed by atoms with Gasteiger partial charge in [0.2, 0.25) is 21.4 Å². The highest BCUT2D eigenvalue weighted by Gasteiger charge is 2.51. The highest BCUT2D eigenvalue weighted by molar-refractivity contribution is 7.89. The predicted molar refractivity (Wildman–Crippen MR) is 121 cm³/mol. The van der Waals surface area contributed by atoms with Gasteiger partial charge in [0.05, 0.1) is 37.8 Å². The van der Waals surface area contributed by atoms with Gasteiger partial charge < -0.3 is 19.7 Å². The Kier molecular flexibility index (Phi) is 7.44. The summed E-state index contributed by atoms with van der Waals surface area (Å²) in [6.45, 7) is 16.7. The summed E-state index contributed by atoms with van der Waals surface area (Å²) in [4.78, 5) is 6.11. The number of hydrogen-bond donors (Lipinski definition) is 2. The zero-order valence-electron chi connectivity index (χ0n) is 18.6. The average molecular weight is 490 g/mol. The summed E-state index contributed by atoms with van der Waals surface area (Å²) in [6.07, 6.45) is -1.29. The number of halogens is 1. The highest BCUT2D eigenvalue weighted by atomic mass is 32.2. The van der Waals surface area contributed by atoms with Gasteiger partial charge in [0, 0.05) is 12.6 Å². The van der Waals surface area contributed by atoms with Crippen LogP contribution in [0.1, 0.15) is 13.8 Å². The molecule has 180 valence electrons. The Bertz CT molecular complexity index is 1250. The fourth-order valence-corrected chi connectivity index (χ4v) is 5.07. The summed E-state index contributed by atoms with van der Waals surface area (Å²) in [5.74, 6) is -0.842. The number of aliphatic hydroxyl groups excluding tert-OH is 1. The van der Waals surface area contributed by atoms with E-state index in [-0.39, 0.29) is 46.8 Å². The van der Waals surface area contributed by atoms with E-state index in [9.17, 15) is 23.0 Å². The van der Waals surface area contributed by atoms with Crippen molar-refractivity contribution in [2.24, 2.45) is 5.92 Å². The molecule has 11 heteroatoms. The molecule has 0 spiro atoms. The van der Waals surface area contributed by atoms with Gasteiger partial charge in [-0.25, -0.2) is 22.5 Å². The first-order valence-corrected chi connectivity index (χ1v) is 11.8. The zero-order chi connectivity index (χ0) is 25.1. The molecule has 2 N–H and O–H groups in total. The molecule has 0 bridgehead atoms. The van der Waals surface area contributed by atoms with Gasteiger partial charge in [-0.05, 0) is 12.0 Å². The summed E-state index contributed by atoms with van der Waals surface area (Å²) in [7, 11) is -4.21. The lowest BCUT2D eigenvalue weighted by atomic mass is 10.0. The largest absolute Gasteiger partial charge is 0.491 e. The van der Waals surface area contributed by atoms with Crippen molar-refractivity contribution in [2.75, 3.05) is 26.3 Å². The molecule has 1 saturated heterocycles. The molecule has 0 radical (unpaired) electrons. The lowest BCUT2D eigenvalue weighted by molar-refractivity contribution is -0.0647. The van der Waals surface area contributed by atoms with Gasteiger partial charge in [-0.3, -0.25) is 0 Å². The van der Waals surface area contributed by atoms with E-state index >= 15 is 0 Å². The van der Waals surface area contributed by atoms with Crippen LogP contribution in [0.4, 0.5) is 15.8 Å². The Morgan fingerprint density at radius 3 is 2.50 bits per heavy atom. The van der Waals surface area contributed by atoms with Gasteiger partial charge in [-0.15, -0.1) is 0 Å². The molecular weight excluding hydrogens is 465 g/mol. The van der Waals surface area contributed by atoms with E-state index in [0.717, 1.165) is 10.4 Å². The number of ether oxygens (including phenoxy) is 2. The van der Waals surface area contributed by atoms with Crippen LogP contribution in [-0.2, 0) is 10.0 Å². The van der Waals surface area contributed by atoms with Gasteiger partial charge in [-0.2, -0.15) is 4.31 Å². The third-order valence-corrected chi connectivity index (χ3v) is 7.13. The monoisotopic (exact) mass is 489 g/mol. The van der Waals surface area contributed by atoms with Crippen LogP contribution in [-0.4, -0.2) is 60.9 Å². The first-order valence-electron chi connectivity index (χ1n) is 10.4. The smallest absolute Gasteiger partial charge is 0.233 e. The number of hydrogen-bond acceptors (Lipinski definition) is 6. The third kappa shape index (κ3) is 4.98. The molecule has 0 aliphatic carbocycles. The van der Waals surface area contributed by atoms with E-state index in [0.29, 0.717) is 0 Å². The molecule has 1 heterocycles. The molecule has 34 heavy (non-hydrogen) atoms. The third-order valence-electron chi connectivity index (χ3n) is 5.27. The van der Waals surface area contributed by atoms with Crippen LogP contribution in [0.2, 0.25) is 0 Å². The second-order valence-electron chi connectivity index (χ2n) is 8.31. The Morgan fingerprint density at radius 1 is 1.21 bits per heavy atom. The van der Waals surface area contributed by atoms with Crippen molar-refractivity contribution in [3.63, 3.8) is 0 Å². The molecule has 0 saturated carbocycles. The molecule has 2 aromatic carbocycles. The van der Waals surface area contributed by atoms with E-state index < -0.39 is 40.7 Å². The number of benzene rings is 2. The Morgan fingerprint density at radius 2 is 1.88 bits per heavy atom. The molecule has 1 aliphatic heterocycles. The molecule has 0 unspecified atom stereocenters. The molecule has 3 rings (SSSR count). The minimum absolute atomic E-state index is 0.0565. The topological polar surface area (TPSA) is 105 Å². The molecular formula is C23H24FN3O6S. The standard InChI is InChI=1S/C23H24FN3O6S/c1-15(2)12-32-19-10-18(26-4)16(24)9-20(19)33-22-11-27(13-23(22,29)14-28)34(30,31)21-8-6-5-7-17(21)25-3/h5-10,15,22,28-29H,11-14H2,1-2H3/t22-,23+/m0/s1. The lowest BCUT2D eigenvalue weighted by Crippen LogP contribution is -2.48.